The number of unbranched alkanes of at least 4 members (excludes halogenated alkanes) is 5. The predicted molar refractivity (Wildman–Crippen MR) is 149 cm³/mol. The largest absolute Gasteiger partial charge is 0.462 e. The van der Waals surface area contributed by atoms with Gasteiger partial charge in [0.2, 0.25) is 0 Å². The van der Waals surface area contributed by atoms with E-state index in [2.05, 4.69) is 42.2 Å². The summed E-state index contributed by atoms with van der Waals surface area (Å²) in [5, 5.41) is 0. The van der Waals surface area contributed by atoms with Crippen LogP contribution in [0.4, 0.5) is 13.2 Å². The van der Waals surface area contributed by atoms with Crippen LogP contribution < -0.4 is 0 Å². The van der Waals surface area contributed by atoms with Gasteiger partial charge in [0.1, 0.15) is 0 Å². The Morgan fingerprint density at radius 3 is 2.03 bits per heavy atom. The van der Waals surface area contributed by atoms with Crippen molar-refractivity contribution in [3.8, 4) is 22.4 Å². The number of alkyl halides is 3. The van der Waals surface area contributed by atoms with Crippen molar-refractivity contribution in [2.24, 2.45) is 0 Å². The number of rotatable bonds is 15. The summed E-state index contributed by atoms with van der Waals surface area (Å²) in [6.45, 7) is 3.62. The normalized spacial score (nSPS) is 12.3. The number of aryl methyl sites for hydroxylation is 1. The lowest BCUT2D eigenvalue weighted by Gasteiger charge is -2.16. The van der Waals surface area contributed by atoms with Crippen LogP contribution in [0.25, 0.3) is 22.4 Å². The first-order valence-electron chi connectivity index (χ1n) is 13.8. The number of carbonyl (C=O) groups excluding carboxylic acids is 1. The minimum absolute atomic E-state index is 0.0955. The van der Waals surface area contributed by atoms with Gasteiger partial charge in [-0.2, -0.15) is 13.2 Å². The molecule has 1 unspecified atom stereocenters. The van der Waals surface area contributed by atoms with Crippen molar-refractivity contribution in [1.82, 2.24) is 4.98 Å². The average Bonchev–Trinajstić information content (AvgIpc) is 2.95. The van der Waals surface area contributed by atoms with Crippen molar-refractivity contribution >= 4 is 5.97 Å². The fraction of sp³-hybridized carbons (Fsp3) is 0.438. The lowest BCUT2D eigenvalue weighted by atomic mass is 10.0. The van der Waals surface area contributed by atoms with Gasteiger partial charge in [0, 0.05) is 23.9 Å². The fourth-order valence-electron chi connectivity index (χ4n) is 4.09. The smallest absolute Gasteiger partial charge is 0.414 e. The van der Waals surface area contributed by atoms with E-state index in [4.69, 9.17) is 9.47 Å². The molecular weight excluding hydrogens is 503 g/mol. The van der Waals surface area contributed by atoms with E-state index in [9.17, 15) is 18.0 Å². The Kier molecular flexibility index (Phi) is 12.0. The molecule has 0 aliphatic carbocycles. The average molecular weight is 542 g/mol. The van der Waals surface area contributed by atoms with Crippen LogP contribution in [0.5, 0.6) is 0 Å². The van der Waals surface area contributed by atoms with E-state index >= 15 is 0 Å². The van der Waals surface area contributed by atoms with Crippen molar-refractivity contribution in [3.05, 3.63) is 78.0 Å². The Morgan fingerprint density at radius 2 is 1.41 bits per heavy atom. The van der Waals surface area contributed by atoms with Crippen molar-refractivity contribution < 1.29 is 27.4 Å². The first-order chi connectivity index (χ1) is 18.8. The van der Waals surface area contributed by atoms with E-state index in [1.54, 1.807) is 12.1 Å². The highest BCUT2D eigenvalue weighted by Crippen LogP contribution is 2.24. The van der Waals surface area contributed by atoms with Gasteiger partial charge in [-0.1, -0.05) is 75.1 Å². The van der Waals surface area contributed by atoms with E-state index in [-0.39, 0.29) is 12.6 Å². The number of aromatic nitrogens is 1. The number of carbonyl (C=O) groups is 1. The Balaban J connectivity index is 1.37. The Morgan fingerprint density at radius 1 is 0.795 bits per heavy atom. The first kappa shape index (κ1) is 30.4. The topological polar surface area (TPSA) is 48.4 Å². The molecule has 0 amide bonds. The zero-order valence-electron chi connectivity index (χ0n) is 22.8. The predicted octanol–water partition coefficient (Wildman–Crippen LogP) is 8.83. The molecule has 0 N–H and O–H groups in total. The molecule has 1 atom stereocenters. The summed E-state index contributed by atoms with van der Waals surface area (Å²) in [6.07, 6.45) is 3.08. The number of hydrogen-bond acceptors (Lipinski definition) is 4. The van der Waals surface area contributed by atoms with Gasteiger partial charge in [-0.05, 0) is 61.9 Å². The van der Waals surface area contributed by atoms with E-state index < -0.39 is 12.3 Å². The first-order valence-corrected chi connectivity index (χ1v) is 13.8. The zero-order valence-corrected chi connectivity index (χ0v) is 22.8. The quantitative estimate of drug-likeness (QED) is 0.142. The molecule has 0 bridgehead atoms. The molecule has 0 fully saturated rings. The molecule has 4 nitrogen and oxygen atoms in total. The van der Waals surface area contributed by atoms with Crippen LogP contribution in [0.15, 0.2) is 66.9 Å². The number of halogens is 3. The van der Waals surface area contributed by atoms with Crippen molar-refractivity contribution in [2.45, 2.75) is 77.5 Å². The Bertz CT molecular complexity index is 1130. The van der Waals surface area contributed by atoms with Gasteiger partial charge in [-0.15, -0.1) is 0 Å². The second-order valence-corrected chi connectivity index (χ2v) is 9.77. The van der Waals surface area contributed by atoms with Gasteiger partial charge in [-0.25, -0.2) is 4.79 Å². The Labute approximate surface area is 229 Å². The third-order valence-corrected chi connectivity index (χ3v) is 6.64. The molecule has 0 aliphatic heterocycles. The molecule has 7 heteroatoms. The summed E-state index contributed by atoms with van der Waals surface area (Å²) in [4.78, 5) is 17.0. The maximum atomic E-state index is 12.4. The SMILES string of the molecule is CCCCc1ccc(-c2ccc(-c3ccc(C(=O)OCCCCCCCOC(C)C(F)(F)F)cc3)nc2)cc1. The highest BCUT2D eigenvalue weighted by atomic mass is 19.4. The molecule has 0 aliphatic rings. The van der Waals surface area contributed by atoms with Crippen molar-refractivity contribution in [2.75, 3.05) is 13.2 Å². The number of esters is 1. The van der Waals surface area contributed by atoms with Crippen LogP contribution in [-0.2, 0) is 15.9 Å². The second kappa shape index (κ2) is 15.4. The van der Waals surface area contributed by atoms with E-state index in [0.717, 1.165) is 55.0 Å². The summed E-state index contributed by atoms with van der Waals surface area (Å²) in [5.74, 6) is -0.373. The molecule has 0 saturated carbocycles. The maximum absolute atomic E-state index is 12.4. The lowest BCUT2D eigenvalue weighted by molar-refractivity contribution is -0.214. The highest BCUT2D eigenvalue weighted by molar-refractivity contribution is 5.90. The molecule has 2 aromatic carbocycles. The third-order valence-electron chi connectivity index (χ3n) is 6.64. The van der Waals surface area contributed by atoms with Crippen LogP contribution in [0.2, 0.25) is 0 Å². The fourth-order valence-corrected chi connectivity index (χ4v) is 4.09. The maximum Gasteiger partial charge on any atom is 0.414 e. The molecule has 0 radical (unpaired) electrons. The molecule has 0 spiro atoms. The van der Waals surface area contributed by atoms with Gasteiger partial charge in [-0.3, -0.25) is 4.98 Å². The molecule has 1 heterocycles. The minimum atomic E-state index is -4.31. The molecule has 0 saturated heterocycles. The molecule has 3 rings (SSSR count). The van der Waals surface area contributed by atoms with Crippen LogP contribution in [0, 0.1) is 0 Å². The second-order valence-electron chi connectivity index (χ2n) is 9.77. The van der Waals surface area contributed by atoms with Gasteiger partial charge in [0.25, 0.3) is 0 Å². The molecular formula is C32H38F3NO3. The van der Waals surface area contributed by atoms with E-state index in [1.807, 2.05) is 24.4 Å². The van der Waals surface area contributed by atoms with E-state index in [1.165, 1.54) is 18.4 Å². The number of nitrogens with zero attached hydrogens (tertiary/aromatic N) is 1. The highest BCUT2D eigenvalue weighted by Gasteiger charge is 2.36. The van der Waals surface area contributed by atoms with E-state index in [0.29, 0.717) is 25.0 Å². The number of pyridine rings is 1. The summed E-state index contributed by atoms with van der Waals surface area (Å²) in [5.41, 5.74) is 5.78. The standard InChI is InChI=1S/C32H38F3NO3/c1-3-4-10-25-11-13-26(14-12-25)29-19-20-30(36-23-29)27-15-17-28(18-16-27)31(37)39-22-9-7-5-6-8-21-38-24(2)32(33,34)35/h11-20,23-24H,3-10,21-22H2,1-2H3. The Hall–Kier alpha value is -3.19. The number of benzene rings is 2. The molecule has 1 aromatic heterocycles. The summed E-state index contributed by atoms with van der Waals surface area (Å²) in [7, 11) is 0. The molecule has 39 heavy (non-hydrogen) atoms. The summed E-state index contributed by atoms with van der Waals surface area (Å²) in [6, 6.07) is 19.9. The van der Waals surface area contributed by atoms with Gasteiger partial charge < -0.3 is 9.47 Å². The van der Waals surface area contributed by atoms with Gasteiger partial charge in [0.05, 0.1) is 17.9 Å². The zero-order chi connectivity index (χ0) is 28.1. The van der Waals surface area contributed by atoms with Gasteiger partial charge >= 0.3 is 12.1 Å². The van der Waals surface area contributed by atoms with Crippen LogP contribution in [0.1, 0.15) is 74.7 Å². The van der Waals surface area contributed by atoms with Crippen molar-refractivity contribution in [1.29, 1.82) is 0 Å². The molecule has 3 aromatic rings. The van der Waals surface area contributed by atoms with Gasteiger partial charge in [0.15, 0.2) is 6.10 Å². The van der Waals surface area contributed by atoms with Crippen LogP contribution in [-0.4, -0.2) is 36.4 Å². The van der Waals surface area contributed by atoms with Crippen LogP contribution in [0.3, 0.4) is 0 Å². The minimum Gasteiger partial charge on any atom is -0.462 e. The summed E-state index contributed by atoms with van der Waals surface area (Å²) < 4.78 is 47.3. The summed E-state index contributed by atoms with van der Waals surface area (Å²) >= 11 is 0. The van der Waals surface area contributed by atoms with Crippen LogP contribution >= 0.6 is 0 Å². The molecule has 210 valence electrons. The lowest BCUT2D eigenvalue weighted by Crippen LogP contribution is -2.28. The number of hydrogen-bond donors (Lipinski definition) is 0. The monoisotopic (exact) mass is 541 g/mol. The van der Waals surface area contributed by atoms with Crippen molar-refractivity contribution in [3.63, 3.8) is 0 Å². The number of ether oxygens (including phenoxy) is 2. The third kappa shape index (κ3) is 10.1.